The predicted octanol–water partition coefficient (Wildman–Crippen LogP) is 4.80. The van der Waals surface area contributed by atoms with Crippen LogP contribution >= 0.6 is 0 Å². The van der Waals surface area contributed by atoms with Crippen molar-refractivity contribution in [3.63, 3.8) is 0 Å². The number of hydrogen-bond acceptors (Lipinski definition) is 5. The van der Waals surface area contributed by atoms with Gasteiger partial charge in [-0.25, -0.2) is 13.9 Å². The van der Waals surface area contributed by atoms with Gasteiger partial charge in [0.15, 0.2) is 5.65 Å². The summed E-state index contributed by atoms with van der Waals surface area (Å²) in [5.74, 6) is 0.268. The van der Waals surface area contributed by atoms with Gasteiger partial charge in [0.25, 0.3) is 5.91 Å². The van der Waals surface area contributed by atoms with Crippen LogP contribution in [0.2, 0.25) is 0 Å². The van der Waals surface area contributed by atoms with Crippen molar-refractivity contribution in [3.05, 3.63) is 77.9 Å². The van der Waals surface area contributed by atoms with Crippen LogP contribution < -0.4 is 9.64 Å². The standard InChI is InChI=1S/C28H30FN5O2/c1-28(2,3)25-18-26-30-21(17-23(34(26)31-25)19-9-5-6-10-20(19)29)27(35)33-15-13-32(14-16-33)22-11-7-8-12-24(22)36-4/h5-12,17-18H,13-16H2,1-4H3. The Hall–Kier alpha value is -3.94. The Balaban J connectivity index is 1.47. The number of carbonyl (C=O) groups is 1. The van der Waals surface area contributed by atoms with Crippen molar-refractivity contribution in [2.45, 2.75) is 26.2 Å². The van der Waals surface area contributed by atoms with Crippen molar-refractivity contribution in [3.8, 4) is 17.0 Å². The quantitative estimate of drug-likeness (QED) is 0.414. The fourth-order valence-corrected chi connectivity index (χ4v) is 4.51. The van der Waals surface area contributed by atoms with E-state index in [9.17, 15) is 9.18 Å². The summed E-state index contributed by atoms with van der Waals surface area (Å²) in [4.78, 5) is 22.3. The van der Waals surface area contributed by atoms with Crippen LogP contribution in [-0.2, 0) is 5.41 Å². The third-order valence-electron chi connectivity index (χ3n) is 6.56. The van der Waals surface area contributed by atoms with Gasteiger partial charge in [-0.1, -0.05) is 45.0 Å². The number of carbonyl (C=O) groups excluding carboxylic acids is 1. The van der Waals surface area contributed by atoms with Crippen LogP contribution in [-0.4, -0.2) is 58.7 Å². The van der Waals surface area contributed by atoms with Gasteiger partial charge < -0.3 is 14.5 Å². The minimum absolute atomic E-state index is 0.173. The Morgan fingerprint density at radius 1 is 0.972 bits per heavy atom. The van der Waals surface area contributed by atoms with E-state index < -0.39 is 0 Å². The molecule has 1 aliphatic heterocycles. The molecule has 4 aromatic rings. The summed E-state index contributed by atoms with van der Waals surface area (Å²) in [5.41, 5.74) is 3.31. The highest BCUT2D eigenvalue weighted by Crippen LogP contribution is 2.30. The third kappa shape index (κ3) is 4.39. The molecule has 2 aromatic heterocycles. The monoisotopic (exact) mass is 487 g/mol. The lowest BCUT2D eigenvalue weighted by Gasteiger charge is -2.36. The number of hydrogen-bond donors (Lipinski definition) is 0. The van der Waals surface area contributed by atoms with Gasteiger partial charge >= 0.3 is 0 Å². The highest BCUT2D eigenvalue weighted by Gasteiger charge is 2.27. The van der Waals surface area contributed by atoms with E-state index in [4.69, 9.17) is 9.84 Å². The maximum absolute atomic E-state index is 14.8. The lowest BCUT2D eigenvalue weighted by Crippen LogP contribution is -2.49. The maximum atomic E-state index is 14.8. The number of benzene rings is 2. The number of rotatable bonds is 4. The summed E-state index contributed by atoms with van der Waals surface area (Å²) in [6.07, 6.45) is 0. The van der Waals surface area contributed by atoms with Gasteiger partial charge in [-0.15, -0.1) is 0 Å². The molecule has 0 atom stereocenters. The molecule has 1 amide bonds. The molecule has 0 aliphatic carbocycles. The molecule has 0 bridgehead atoms. The fourth-order valence-electron chi connectivity index (χ4n) is 4.51. The number of anilines is 1. The highest BCUT2D eigenvalue weighted by atomic mass is 19.1. The first-order valence-electron chi connectivity index (χ1n) is 12.1. The lowest BCUT2D eigenvalue weighted by atomic mass is 9.93. The van der Waals surface area contributed by atoms with Crippen molar-refractivity contribution in [2.24, 2.45) is 0 Å². The number of methoxy groups -OCH3 is 1. The second kappa shape index (κ2) is 9.26. The van der Waals surface area contributed by atoms with E-state index in [1.165, 1.54) is 6.07 Å². The summed E-state index contributed by atoms with van der Waals surface area (Å²) in [6, 6.07) is 17.9. The summed E-state index contributed by atoms with van der Waals surface area (Å²) in [6.45, 7) is 8.63. The Labute approximate surface area is 210 Å². The zero-order valence-corrected chi connectivity index (χ0v) is 21.0. The van der Waals surface area contributed by atoms with E-state index in [2.05, 4.69) is 30.7 Å². The van der Waals surface area contributed by atoms with Crippen molar-refractivity contribution in [1.29, 1.82) is 0 Å². The smallest absolute Gasteiger partial charge is 0.272 e. The minimum Gasteiger partial charge on any atom is -0.495 e. The number of ether oxygens (including phenoxy) is 1. The average Bonchev–Trinajstić information content (AvgIpc) is 3.33. The van der Waals surface area contributed by atoms with Gasteiger partial charge in [0.2, 0.25) is 0 Å². The molecule has 0 radical (unpaired) electrons. The summed E-state index contributed by atoms with van der Waals surface area (Å²) in [7, 11) is 1.66. The third-order valence-corrected chi connectivity index (χ3v) is 6.56. The Morgan fingerprint density at radius 3 is 2.36 bits per heavy atom. The molecular formula is C28H30FN5O2. The average molecular weight is 488 g/mol. The number of fused-ring (bicyclic) bond motifs is 1. The molecule has 2 aromatic carbocycles. The molecule has 1 fully saturated rings. The molecule has 0 unspecified atom stereocenters. The summed E-state index contributed by atoms with van der Waals surface area (Å²) in [5, 5.41) is 4.72. The first kappa shape index (κ1) is 23.8. The van der Waals surface area contributed by atoms with Crippen LogP contribution in [0.5, 0.6) is 5.75 Å². The number of para-hydroxylation sites is 2. The van der Waals surface area contributed by atoms with Gasteiger partial charge in [0, 0.05) is 43.2 Å². The van der Waals surface area contributed by atoms with Crippen LogP contribution in [0.1, 0.15) is 37.0 Å². The minimum atomic E-state index is -0.373. The molecule has 36 heavy (non-hydrogen) atoms. The van der Waals surface area contributed by atoms with Crippen LogP contribution in [0.3, 0.4) is 0 Å². The molecule has 0 N–H and O–H groups in total. The maximum Gasteiger partial charge on any atom is 0.272 e. The lowest BCUT2D eigenvalue weighted by molar-refractivity contribution is 0.0741. The van der Waals surface area contributed by atoms with Gasteiger partial charge in [0.1, 0.15) is 17.3 Å². The molecule has 8 heteroatoms. The van der Waals surface area contributed by atoms with E-state index in [-0.39, 0.29) is 22.8 Å². The SMILES string of the molecule is COc1ccccc1N1CCN(C(=O)c2cc(-c3ccccc3F)n3nc(C(C)(C)C)cc3n2)CC1. The largest absolute Gasteiger partial charge is 0.495 e. The highest BCUT2D eigenvalue weighted by molar-refractivity contribution is 5.94. The van der Waals surface area contributed by atoms with Gasteiger partial charge in [-0.2, -0.15) is 5.10 Å². The normalized spacial score (nSPS) is 14.4. The number of halogens is 1. The molecule has 7 nitrogen and oxygen atoms in total. The van der Waals surface area contributed by atoms with E-state index in [1.807, 2.05) is 30.3 Å². The number of aromatic nitrogens is 3. The number of piperazine rings is 1. The van der Waals surface area contributed by atoms with E-state index >= 15 is 0 Å². The first-order valence-corrected chi connectivity index (χ1v) is 12.1. The van der Waals surface area contributed by atoms with Gasteiger partial charge in [-0.3, -0.25) is 4.79 Å². The molecule has 1 saturated heterocycles. The Morgan fingerprint density at radius 2 is 1.67 bits per heavy atom. The fraction of sp³-hybridized carbons (Fsp3) is 0.321. The molecular weight excluding hydrogens is 457 g/mol. The van der Waals surface area contributed by atoms with Crippen LogP contribution in [0.15, 0.2) is 60.7 Å². The van der Waals surface area contributed by atoms with Gasteiger partial charge in [0.05, 0.1) is 24.2 Å². The van der Waals surface area contributed by atoms with Crippen molar-refractivity contribution in [1.82, 2.24) is 19.5 Å². The van der Waals surface area contributed by atoms with E-state index in [0.717, 1.165) is 17.1 Å². The van der Waals surface area contributed by atoms with E-state index in [1.54, 1.807) is 40.8 Å². The number of amides is 1. The summed E-state index contributed by atoms with van der Waals surface area (Å²) < 4.78 is 22.0. The van der Waals surface area contributed by atoms with Crippen molar-refractivity contribution >= 4 is 17.2 Å². The van der Waals surface area contributed by atoms with E-state index in [0.29, 0.717) is 43.1 Å². The molecule has 5 rings (SSSR count). The number of nitrogens with zero attached hydrogens (tertiary/aromatic N) is 5. The van der Waals surface area contributed by atoms with Crippen LogP contribution in [0.25, 0.3) is 16.9 Å². The van der Waals surface area contributed by atoms with Gasteiger partial charge in [-0.05, 0) is 30.3 Å². The molecule has 1 aliphatic rings. The van der Waals surface area contributed by atoms with Crippen molar-refractivity contribution < 1.29 is 13.9 Å². The molecule has 186 valence electrons. The molecule has 0 saturated carbocycles. The van der Waals surface area contributed by atoms with Crippen LogP contribution in [0, 0.1) is 5.82 Å². The zero-order chi connectivity index (χ0) is 25.4. The molecule has 3 heterocycles. The predicted molar refractivity (Wildman–Crippen MR) is 138 cm³/mol. The summed E-state index contributed by atoms with van der Waals surface area (Å²) >= 11 is 0. The van der Waals surface area contributed by atoms with Crippen molar-refractivity contribution in [2.75, 3.05) is 38.2 Å². The first-order chi connectivity index (χ1) is 17.3. The zero-order valence-electron chi connectivity index (χ0n) is 21.0. The second-order valence-electron chi connectivity index (χ2n) is 10.0. The van der Waals surface area contributed by atoms with Crippen LogP contribution in [0.4, 0.5) is 10.1 Å². The second-order valence-corrected chi connectivity index (χ2v) is 10.0. The topological polar surface area (TPSA) is 63.0 Å². The Kier molecular flexibility index (Phi) is 6.12. The Bertz CT molecular complexity index is 1420. The molecule has 0 spiro atoms.